The maximum atomic E-state index is 12.4. The van der Waals surface area contributed by atoms with Gasteiger partial charge in [-0.1, -0.05) is 44.9 Å². The van der Waals surface area contributed by atoms with Crippen LogP contribution in [0, 0.1) is 0 Å². The molecule has 0 N–H and O–H groups in total. The van der Waals surface area contributed by atoms with Crippen LogP contribution in [0.15, 0.2) is 24.3 Å². The zero-order chi connectivity index (χ0) is 16.7. The van der Waals surface area contributed by atoms with Gasteiger partial charge in [-0.3, -0.25) is 0 Å². The minimum atomic E-state index is -0.446. The normalized spacial score (nSPS) is 10.7. The van der Waals surface area contributed by atoms with E-state index < -0.39 is 11.9 Å². The van der Waals surface area contributed by atoms with Crippen LogP contribution in [-0.2, 0) is 9.47 Å². The van der Waals surface area contributed by atoms with Gasteiger partial charge in [0.25, 0.3) is 0 Å². The van der Waals surface area contributed by atoms with E-state index >= 15 is 0 Å². The number of carbonyl (C=O) groups is 2. The van der Waals surface area contributed by atoms with Crippen molar-refractivity contribution in [3.8, 4) is 0 Å². The van der Waals surface area contributed by atoms with Gasteiger partial charge in [0.1, 0.15) is 4.88 Å². The predicted octanol–water partition coefficient (Wildman–Crippen LogP) is 4.82. The predicted molar refractivity (Wildman–Crippen MR) is 92.2 cm³/mol. The van der Waals surface area contributed by atoms with Crippen molar-refractivity contribution in [2.75, 3.05) is 13.2 Å². The van der Waals surface area contributed by atoms with Crippen molar-refractivity contribution in [3.05, 3.63) is 34.7 Å². The molecule has 0 bridgehead atoms. The number of unbranched alkanes of at least 4 members (excludes halogenated alkanes) is 2. The highest BCUT2D eigenvalue weighted by molar-refractivity contribution is 7.21. The number of thiophene rings is 1. The smallest absolute Gasteiger partial charge is 0.349 e. The van der Waals surface area contributed by atoms with Crippen LogP contribution in [0.1, 0.15) is 59.6 Å². The number of ether oxygens (including phenoxy) is 2. The zero-order valence-corrected chi connectivity index (χ0v) is 14.4. The number of benzene rings is 1. The van der Waals surface area contributed by atoms with Gasteiger partial charge >= 0.3 is 11.9 Å². The number of carbonyl (C=O) groups excluding carboxylic acids is 2. The molecule has 4 nitrogen and oxygen atoms in total. The van der Waals surface area contributed by atoms with Gasteiger partial charge in [0.2, 0.25) is 0 Å². The lowest BCUT2D eigenvalue weighted by molar-refractivity contribution is 0.0459. The second-order valence-electron chi connectivity index (χ2n) is 5.28. The largest absolute Gasteiger partial charge is 0.462 e. The van der Waals surface area contributed by atoms with E-state index in [1.807, 2.05) is 38.1 Å². The minimum Gasteiger partial charge on any atom is -0.462 e. The summed E-state index contributed by atoms with van der Waals surface area (Å²) in [7, 11) is 0. The summed E-state index contributed by atoms with van der Waals surface area (Å²) in [5.41, 5.74) is 0.336. The maximum Gasteiger partial charge on any atom is 0.349 e. The Morgan fingerprint density at radius 2 is 1.57 bits per heavy atom. The summed E-state index contributed by atoms with van der Waals surface area (Å²) in [6.07, 6.45) is 3.52. The molecule has 0 fully saturated rings. The number of rotatable bonds is 8. The Hall–Kier alpha value is -1.88. The molecule has 2 aromatic rings. The topological polar surface area (TPSA) is 52.6 Å². The van der Waals surface area contributed by atoms with Crippen LogP contribution in [0.4, 0.5) is 0 Å². The Labute approximate surface area is 140 Å². The molecule has 124 valence electrons. The average molecular weight is 334 g/mol. The Morgan fingerprint density at radius 1 is 0.957 bits per heavy atom. The van der Waals surface area contributed by atoms with E-state index in [-0.39, 0.29) is 0 Å². The average Bonchev–Trinajstić information content (AvgIpc) is 2.94. The SMILES string of the molecule is CCCCOC(=O)c1sc2ccccc2c1C(=O)OCCCC. The molecule has 5 heteroatoms. The van der Waals surface area contributed by atoms with Crippen LogP contribution < -0.4 is 0 Å². The van der Waals surface area contributed by atoms with Crippen molar-refractivity contribution < 1.29 is 19.1 Å². The van der Waals surface area contributed by atoms with Crippen molar-refractivity contribution in [2.24, 2.45) is 0 Å². The molecule has 1 aromatic heterocycles. The van der Waals surface area contributed by atoms with Gasteiger partial charge in [-0.05, 0) is 18.9 Å². The molecule has 0 saturated carbocycles. The first-order valence-electron chi connectivity index (χ1n) is 8.04. The molecule has 0 spiro atoms. The lowest BCUT2D eigenvalue weighted by Crippen LogP contribution is -2.12. The highest BCUT2D eigenvalue weighted by atomic mass is 32.1. The molecule has 1 aromatic carbocycles. The monoisotopic (exact) mass is 334 g/mol. The lowest BCUT2D eigenvalue weighted by Gasteiger charge is -2.06. The van der Waals surface area contributed by atoms with Crippen molar-refractivity contribution in [1.29, 1.82) is 0 Å². The summed E-state index contributed by atoms with van der Waals surface area (Å²) in [4.78, 5) is 25.1. The molecule has 0 saturated heterocycles. The summed E-state index contributed by atoms with van der Waals surface area (Å²) in [5, 5.41) is 0.751. The van der Waals surface area contributed by atoms with Gasteiger partial charge in [-0.2, -0.15) is 0 Å². The Balaban J connectivity index is 2.29. The van der Waals surface area contributed by atoms with Gasteiger partial charge in [-0.25, -0.2) is 9.59 Å². The minimum absolute atomic E-state index is 0.336. The van der Waals surface area contributed by atoms with Crippen LogP contribution in [0.2, 0.25) is 0 Å². The Kier molecular flexibility index (Phi) is 6.59. The summed E-state index contributed by atoms with van der Waals surface area (Å²) in [6.45, 7) is 4.80. The van der Waals surface area contributed by atoms with Gasteiger partial charge in [-0.15, -0.1) is 11.3 Å². The van der Waals surface area contributed by atoms with E-state index in [9.17, 15) is 9.59 Å². The molecular weight excluding hydrogens is 312 g/mol. The second kappa shape index (κ2) is 8.67. The highest BCUT2D eigenvalue weighted by Crippen LogP contribution is 2.32. The number of hydrogen-bond acceptors (Lipinski definition) is 5. The van der Waals surface area contributed by atoms with Crippen LogP contribution >= 0.6 is 11.3 Å². The van der Waals surface area contributed by atoms with Crippen LogP contribution in [-0.4, -0.2) is 25.2 Å². The third-order valence-electron chi connectivity index (χ3n) is 3.45. The van der Waals surface area contributed by atoms with E-state index in [0.29, 0.717) is 23.7 Å². The Morgan fingerprint density at radius 3 is 2.22 bits per heavy atom. The second-order valence-corrected chi connectivity index (χ2v) is 6.33. The van der Waals surface area contributed by atoms with Gasteiger partial charge in [0, 0.05) is 10.1 Å². The highest BCUT2D eigenvalue weighted by Gasteiger charge is 2.25. The standard InChI is InChI=1S/C18H22O4S/c1-3-5-11-21-17(19)15-13-9-7-8-10-14(13)23-16(15)18(20)22-12-6-4-2/h7-10H,3-6,11-12H2,1-2H3. The molecule has 23 heavy (non-hydrogen) atoms. The lowest BCUT2D eigenvalue weighted by atomic mass is 10.1. The first-order valence-corrected chi connectivity index (χ1v) is 8.86. The van der Waals surface area contributed by atoms with E-state index in [4.69, 9.17) is 9.47 Å². The summed E-state index contributed by atoms with van der Waals surface area (Å²) < 4.78 is 11.5. The molecule has 2 rings (SSSR count). The quantitative estimate of drug-likeness (QED) is 0.513. The van der Waals surface area contributed by atoms with E-state index in [2.05, 4.69) is 0 Å². The molecule has 0 aliphatic carbocycles. The summed E-state index contributed by atoms with van der Waals surface area (Å²) >= 11 is 1.28. The number of esters is 2. The van der Waals surface area contributed by atoms with Gasteiger partial charge in [0.05, 0.1) is 18.8 Å². The Bertz CT molecular complexity index is 675. The van der Waals surface area contributed by atoms with E-state index in [0.717, 1.165) is 35.8 Å². The number of fused-ring (bicyclic) bond motifs is 1. The first-order chi connectivity index (χ1) is 11.2. The zero-order valence-electron chi connectivity index (χ0n) is 13.6. The van der Waals surface area contributed by atoms with Crippen LogP contribution in [0.5, 0.6) is 0 Å². The molecule has 0 unspecified atom stereocenters. The van der Waals surface area contributed by atoms with Crippen molar-refractivity contribution in [2.45, 2.75) is 39.5 Å². The van der Waals surface area contributed by atoms with E-state index in [1.54, 1.807) is 0 Å². The molecule has 0 radical (unpaired) electrons. The van der Waals surface area contributed by atoms with Crippen molar-refractivity contribution in [1.82, 2.24) is 0 Å². The maximum absolute atomic E-state index is 12.4. The first kappa shape index (κ1) is 17.5. The van der Waals surface area contributed by atoms with Crippen molar-refractivity contribution >= 4 is 33.4 Å². The molecule has 0 aliphatic heterocycles. The number of hydrogen-bond donors (Lipinski definition) is 0. The fourth-order valence-electron chi connectivity index (χ4n) is 2.15. The summed E-state index contributed by atoms with van der Waals surface area (Å²) in [6, 6.07) is 7.47. The van der Waals surface area contributed by atoms with Crippen LogP contribution in [0.3, 0.4) is 0 Å². The van der Waals surface area contributed by atoms with Gasteiger partial charge in [0.15, 0.2) is 0 Å². The molecule has 0 aliphatic rings. The summed E-state index contributed by atoms with van der Waals surface area (Å²) in [5.74, 6) is -0.888. The third-order valence-corrected chi connectivity index (χ3v) is 4.60. The molecule has 1 heterocycles. The van der Waals surface area contributed by atoms with Gasteiger partial charge < -0.3 is 9.47 Å². The van der Waals surface area contributed by atoms with E-state index in [1.165, 1.54) is 11.3 Å². The molecule has 0 atom stereocenters. The van der Waals surface area contributed by atoms with Crippen LogP contribution in [0.25, 0.3) is 10.1 Å². The van der Waals surface area contributed by atoms with Crippen molar-refractivity contribution in [3.63, 3.8) is 0 Å². The molecular formula is C18H22O4S. The third kappa shape index (κ3) is 4.32. The fraction of sp³-hybridized carbons (Fsp3) is 0.444. The fourth-order valence-corrected chi connectivity index (χ4v) is 3.23. The molecule has 0 amide bonds.